The van der Waals surface area contributed by atoms with Crippen LogP contribution in [0, 0.1) is 0 Å². The molecule has 0 radical (unpaired) electrons. The molecule has 0 saturated carbocycles. The van der Waals surface area contributed by atoms with Crippen LogP contribution in [0.1, 0.15) is 16.1 Å². The van der Waals surface area contributed by atoms with E-state index >= 15 is 0 Å². The fourth-order valence-corrected chi connectivity index (χ4v) is 4.51. The molecule has 1 saturated heterocycles. The molecule has 30 heavy (non-hydrogen) atoms. The molecule has 1 amide bonds. The Morgan fingerprint density at radius 1 is 1.07 bits per heavy atom. The Balaban J connectivity index is 1.33. The molecule has 1 aliphatic heterocycles. The molecule has 0 atom stereocenters. The Morgan fingerprint density at radius 3 is 2.47 bits per heavy atom. The Hall–Kier alpha value is -2.12. The van der Waals surface area contributed by atoms with E-state index in [4.69, 9.17) is 32.9 Å². The number of carbonyl (C=O) groups is 1. The quantitative estimate of drug-likeness (QED) is 0.531. The Morgan fingerprint density at radius 2 is 1.80 bits per heavy atom. The molecule has 2 heterocycles. The molecule has 3 aromatic rings. The number of rotatable bonds is 5. The van der Waals surface area contributed by atoms with Crippen molar-refractivity contribution in [1.29, 1.82) is 0 Å². The zero-order valence-corrected chi connectivity index (χ0v) is 18.8. The van der Waals surface area contributed by atoms with Crippen LogP contribution in [0.3, 0.4) is 0 Å². The minimum atomic E-state index is -0.0105. The van der Waals surface area contributed by atoms with E-state index in [1.807, 2.05) is 29.2 Å². The minimum Gasteiger partial charge on any atom is -0.497 e. The Labute approximate surface area is 189 Å². The third kappa shape index (κ3) is 4.78. The summed E-state index contributed by atoms with van der Waals surface area (Å²) in [6.07, 6.45) is 0. The van der Waals surface area contributed by atoms with E-state index in [0.29, 0.717) is 28.7 Å². The maximum absolute atomic E-state index is 12.7. The van der Waals surface area contributed by atoms with Gasteiger partial charge in [0, 0.05) is 49.2 Å². The van der Waals surface area contributed by atoms with Crippen molar-refractivity contribution in [2.75, 3.05) is 33.3 Å². The number of halogens is 2. The SMILES string of the molecule is COc1ccc(-c2nc(CN3CCN(C(=O)c4ccc(Cl)c(Cl)c4)CC3)cs2)cc1. The van der Waals surface area contributed by atoms with Gasteiger partial charge in [-0.1, -0.05) is 23.2 Å². The molecule has 156 valence electrons. The van der Waals surface area contributed by atoms with Crippen LogP contribution in [0.2, 0.25) is 10.0 Å². The van der Waals surface area contributed by atoms with Crippen LogP contribution in [0.5, 0.6) is 5.75 Å². The number of nitrogens with zero attached hydrogens (tertiary/aromatic N) is 3. The summed E-state index contributed by atoms with van der Waals surface area (Å²) in [6, 6.07) is 13.0. The standard InChI is InChI=1S/C22H21Cl2N3O2S/c1-29-18-5-2-15(3-6-18)21-25-17(14-30-21)13-26-8-10-27(11-9-26)22(28)16-4-7-19(23)20(24)12-16/h2-7,12,14H,8-11,13H2,1H3. The van der Waals surface area contributed by atoms with Gasteiger partial charge in [-0.15, -0.1) is 11.3 Å². The highest BCUT2D eigenvalue weighted by Gasteiger charge is 2.23. The van der Waals surface area contributed by atoms with Crippen LogP contribution < -0.4 is 4.74 Å². The highest BCUT2D eigenvalue weighted by atomic mass is 35.5. The summed E-state index contributed by atoms with van der Waals surface area (Å²) in [5.41, 5.74) is 2.71. The molecule has 0 bridgehead atoms. The van der Waals surface area contributed by atoms with Crippen LogP contribution in [-0.4, -0.2) is 54.0 Å². The maximum Gasteiger partial charge on any atom is 0.253 e. The first-order valence-electron chi connectivity index (χ1n) is 9.59. The van der Waals surface area contributed by atoms with E-state index in [9.17, 15) is 4.79 Å². The predicted molar refractivity (Wildman–Crippen MR) is 122 cm³/mol. The van der Waals surface area contributed by atoms with Crippen molar-refractivity contribution in [1.82, 2.24) is 14.8 Å². The topological polar surface area (TPSA) is 45.7 Å². The Kier molecular flexibility index (Phi) is 6.58. The number of aromatic nitrogens is 1. The molecule has 0 aliphatic carbocycles. The summed E-state index contributed by atoms with van der Waals surface area (Å²) < 4.78 is 5.21. The van der Waals surface area contributed by atoms with Crippen LogP contribution in [0.15, 0.2) is 47.8 Å². The van der Waals surface area contributed by atoms with E-state index in [-0.39, 0.29) is 5.91 Å². The average Bonchev–Trinajstić information content (AvgIpc) is 3.24. The number of hydrogen-bond acceptors (Lipinski definition) is 5. The van der Waals surface area contributed by atoms with Crippen molar-refractivity contribution in [2.45, 2.75) is 6.54 Å². The monoisotopic (exact) mass is 461 g/mol. The molecular weight excluding hydrogens is 441 g/mol. The highest BCUT2D eigenvalue weighted by Crippen LogP contribution is 2.27. The van der Waals surface area contributed by atoms with Gasteiger partial charge in [0.2, 0.25) is 0 Å². The van der Waals surface area contributed by atoms with Crippen LogP contribution in [-0.2, 0) is 6.54 Å². The zero-order valence-electron chi connectivity index (χ0n) is 16.5. The van der Waals surface area contributed by atoms with Gasteiger partial charge < -0.3 is 9.64 Å². The van der Waals surface area contributed by atoms with Gasteiger partial charge in [0.15, 0.2) is 0 Å². The number of piperazine rings is 1. The van der Waals surface area contributed by atoms with Gasteiger partial charge in [0.05, 0.1) is 22.8 Å². The molecule has 1 aliphatic rings. The number of ether oxygens (including phenoxy) is 1. The fourth-order valence-electron chi connectivity index (χ4n) is 3.40. The van der Waals surface area contributed by atoms with Gasteiger partial charge >= 0.3 is 0 Å². The molecule has 0 spiro atoms. The van der Waals surface area contributed by atoms with Crippen molar-refractivity contribution >= 4 is 40.4 Å². The number of methoxy groups -OCH3 is 1. The lowest BCUT2D eigenvalue weighted by molar-refractivity contribution is 0.0627. The lowest BCUT2D eigenvalue weighted by Gasteiger charge is -2.34. The highest BCUT2D eigenvalue weighted by molar-refractivity contribution is 7.13. The van der Waals surface area contributed by atoms with E-state index < -0.39 is 0 Å². The van der Waals surface area contributed by atoms with Crippen molar-refractivity contribution < 1.29 is 9.53 Å². The van der Waals surface area contributed by atoms with Crippen molar-refractivity contribution in [3.63, 3.8) is 0 Å². The molecule has 0 N–H and O–H groups in total. The number of hydrogen-bond donors (Lipinski definition) is 0. The molecule has 4 rings (SSSR count). The molecule has 0 unspecified atom stereocenters. The summed E-state index contributed by atoms with van der Waals surface area (Å²) in [5.74, 6) is 0.826. The van der Waals surface area contributed by atoms with Crippen molar-refractivity contribution in [3.05, 3.63) is 69.1 Å². The largest absolute Gasteiger partial charge is 0.497 e. The first-order chi connectivity index (χ1) is 14.5. The van der Waals surface area contributed by atoms with Crippen LogP contribution in [0.25, 0.3) is 10.6 Å². The average molecular weight is 462 g/mol. The number of amides is 1. The van der Waals surface area contributed by atoms with E-state index in [1.165, 1.54) is 0 Å². The molecule has 5 nitrogen and oxygen atoms in total. The second-order valence-electron chi connectivity index (χ2n) is 7.07. The van der Waals surface area contributed by atoms with E-state index in [2.05, 4.69) is 10.3 Å². The van der Waals surface area contributed by atoms with Gasteiger partial charge in [-0.25, -0.2) is 4.98 Å². The zero-order chi connectivity index (χ0) is 21.1. The van der Waals surface area contributed by atoms with E-state index in [0.717, 1.165) is 41.6 Å². The second-order valence-corrected chi connectivity index (χ2v) is 8.74. The van der Waals surface area contributed by atoms with Gasteiger partial charge in [-0.2, -0.15) is 0 Å². The third-order valence-corrected chi connectivity index (χ3v) is 6.78. The van der Waals surface area contributed by atoms with Crippen LogP contribution in [0.4, 0.5) is 0 Å². The predicted octanol–water partition coefficient (Wildman–Crippen LogP) is 5.08. The molecule has 1 aromatic heterocycles. The summed E-state index contributed by atoms with van der Waals surface area (Å²) in [7, 11) is 1.66. The van der Waals surface area contributed by atoms with Gasteiger partial charge in [-0.05, 0) is 42.5 Å². The van der Waals surface area contributed by atoms with Crippen molar-refractivity contribution in [2.24, 2.45) is 0 Å². The van der Waals surface area contributed by atoms with Crippen LogP contribution >= 0.6 is 34.5 Å². The number of thiazole rings is 1. The first kappa shape index (κ1) is 21.1. The summed E-state index contributed by atoms with van der Waals surface area (Å²) in [4.78, 5) is 21.7. The molecule has 8 heteroatoms. The maximum atomic E-state index is 12.7. The molecule has 1 fully saturated rings. The summed E-state index contributed by atoms with van der Waals surface area (Å²) in [6.45, 7) is 3.75. The normalized spacial score (nSPS) is 14.7. The fraction of sp³-hybridized carbons (Fsp3) is 0.273. The Bertz CT molecular complexity index is 1030. The first-order valence-corrected chi connectivity index (χ1v) is 11.2. The summed E-state index contributed by atoms with van der Waals surface area (Å²) >= 11 is 13.6. The second kappa shape index (κ2) is 9.35. The summed E-state index contributed by atoms with van der Waals surface area (Å²) in [5, 5.41) is 3.96. The van der Waals surface area contributed by atoms with E-state index in [1.54, 1.807) is 36.6 Å². The lowest BCUT2D eigenvalue weighted by atomic mass is 10.2. The third-order valence-electron chi connectivity index (χ3n) is 5.10. The molecule has 2 aromatic carbocycles. The van der Waals surface area contributed by atoms with Gasteiger partial charge in [-0.3, -0.25) is 9.69 Å². The van der Waals surface area contributed by atoms with Gasteiger partial charge in [0.1, 0.15) is 10.8 Å². The number of carbonyl (C=O) groups excluding carboxylic acids is 1. The smallest absolute Gasteiger partial charge is 0.253 e. The number of benzene rings is 2. The van der Waals surface area contributed by atoms with Gasteiger partial charge in [0.25, 0.3) is 5.91 Å². The van der Waals surface area contributed by atoms with Crippen molar-refractivity contribution in [3.8, 4) is 16.3 Å². The molecular formula is C22H21Cl2N3O2S. The minimum absolute atomic E-state index is 0.0105. The lowest BCUT2D eigenvalue weighted by Crippen LogP contribution is -2.48.